The van der Waals surface area contributed by atoms with Gasteiger partial charge in [0.1, 0.15) is 0 Å². The predicted molar refractivity (Wildman–Crippen MR) is 90.2 cm³/mol. The summed E-state index contributed by atoms with van der Waals surface area (Å²) in [6.45, 7) is 4.90. The van der Waals surface area contributed by atoms with E-state index in [9.17, 15) is 9.18 Å². The molecule has 0 radical (unpaired) electrons. The second-order valence-corrected chi connectivity index (χ2v) is 5.69. The summed E-state index contributed by atoms with van der Waals surface area (Å²) in [6.07, 6.45) is 7.29. The second kappa shape index (κ2) is 11.9. The van der Waals surface area contributed by atoms with Crippen LogP contribution >= 0.6 is 0 Å². The van der Waals surface area contributed by atoms with Crippen molar-refractivity contribution >= 4 is 5.97 Å². The molecule has 0 N–H and O–H groups in total. The molecule has 0 bridgehead atoms. The molecule has 0 atom stereocenters. The number of halogens is 1. The van der Waals surface area contributed by atoms with E-state index in [1.807, 2.05) is 19.1 Å². The Bertz CT molecular complexity index is 460. The van der Waals surface area contributed by atoms with Crippen molar-refractivity contribution in [2.75, 3.05) is 13.2 Å². The Morgan fingerprint density at radius 3 is 2.61 bits per heavy atom. The summed E-state index contributed by atoms with van der Waals surface area (Å²) in [7, 11) is 0. The van der Waals surface area contributed by atoms with E-state index < -0.39 is 0 Å². The molecule has 4 heteroatoms. The molecule has 0 aliphatic carbocycles. The molecule has 0 saturated heterocycles. The topological polar surface area (TPSA) is 35.5 Å². The fourth-order valence-corrected chi connectivity index (χ4v) is 2.34. The Kier molecular flexibility index (Phi) is 10.1. The standard InChI is InChI=1S/C19H29FO3/c1-3-5-10-16-12-13-17(20)18(15-16)23-14-9-7-6-8-11-19(21)22-4-2/h12-13,15H,3-11,14H2,1-2H3. The van der Waals surface area contributed by atoms with Crippen LogP contribution in [0, 0.1) is 5.82 Å². The first-order valence-electron chi connectivity index (χ1n) is 8.74. The molecule has 0 saturated carbocycles. The van der Waals surface area contributed by atoms with E-state index in [-0.39, 0.29) is 11.8 Å². The van der Waals surface area contributed by atoms with Crippen molar-refractivity contribution in [3.05, 3.63) is 29.6 Å². The number of hydrogen-bond acceptors (Lipinski definition) is 3. The van der Waals surface area contributed by atoms with Crippen LogP contribution < -0.4 is 4.74 Å². The van der Waals surface area contributed by atoms with E-state index in [0.717, 1.165) is 50.5 Å². The van der Waals surface area contributed by atoms with E-state index in [4.69, 9.17) is 9.47 Å². The SMILES string of the molecule is CCCCc1ccc(F)c(OCCCCCCC(=O)OCC)c1. The van der Waals surface area contributed by atoms with Crippen molar-refractivity contribution in [3.8, 4) is 5.75 Å². The Morgan fingerprint density at radius 2 is 1.87 bits per heavy atom. The number of esters is 1. The summed E-state index contributed by atoms with van der Waals surface area (Å²) < 4.78 is 24.1. The first kappa shape index (κ1) is 19.5. The fraction of sp³-hybridized carbons (Fsp3) is 0.632. The summed E-state index contributed by atoms with van der Waals surface area (Å²) in [5.74, 6) is -0.0765. The summed E-state index contributed by atoms with van der Waals surface area (Å²) in [6, 6.07) is 5.12. The number of rotatable bonds is 12. The van der Waals surface area contributed by atoms with Crippen LogP contribution in [-0.4, -0.2) is 19.2 Å². The van der Waals surface area contributed by atoms with Gasteiger partial charge in [-0.15, -0.1) is 0 Å². The zero-order chi connectivity index (χ0) is 16.9. The van der Waals surface area contributed by atoms with Crippen molar-refractivity contribution in [3.63, 3.8) is 0 Å². The molecule has 0 unspecified atom stereocenters. The third-order valence-corrected chi connectivity index (χ3v) is 3.65. The summed E-state index contributed by atoms with van der Waals surface area (Å²) in [5.41, 5.74) is 1.12. The molecule has 1 aromatic rings. The van der Waals surface area contributed by atoms with E-state index in [2.05, 4.69) is 6.92 Å². The minimum absolute atomic E-state index is 0.130. The minimum atomic E-state index is -0.299. The van der Waals surface area contributed by atoms with E-state index in [0.29, 0.717) is 25.4 Å². The minimum Gasteiger partial charge on any atom is -0.491 e. The highest BCUT2D eigenvalue weighted by molar-refractivity contribution is 5.69. The molecular formula is C19H29FO3. The van der Waals surface area contributed by atoms with Gasteiger partial charge in [-0.05, 0) is 50.3 Å². The Hall–Kier alpha value is -1.58. The van der Waals surface area contributed by atoms with Crippen LogP contribution in [0.15, 0.2) is 18.2 Å². The van der Waals surface area contributed by atoms with Gasteiger partial charge in [0.05, 0.1) is 13.2 Å². The summed E-state index contributed by atoms with van der Waals surface area (Å²) in [5, 5.41) is 0. The smallest absolute Gasteiger partial charge is 0.305 e. The largest absolute Gasteiger partial charge is 0.491 e. The van der Waals surface area contributed by atoms with Crippen molar-refractivity contribution < 1.29 is 18.7 Å². The zero-order valence-corrected chi connectivity index (χ0v) is 14.4. The zero-order valence-electron chi connectivity index (χ0n) is 14.4. The monoisotopic (exact) mass is 324 g/mol. The molecule has 0 aliphatic rings. The number of carbonyl (C=O) groups excluding carboxylic acids is 1. The van der Waals surface area contributed by atoms with E-state index >= 15 is 0 Å². The van der Waals surface area contributed by atoms with Gasteiger partial charge in [0, 0.05) is 6.42 Å². The molecule has 1 rings (SSSR count). The maximum absolute atomic E-state index is 13.7. The van der Waals surface area contributed by atoms with Gasteiger partial charge in [-0.2, -0.15) is 0 Å². The highest BCUT2D eigenvalue weighted by Gasteiger charge is 2.05. The number of carbonyl (C=O) groups is 1. The molecule has 3 nitrogen and oxygen atoms in total. The molecule has 0 heterocycles. The summed E-state index contributed by atoms with van der Waals surface area (Å²) in [4.78, 5) is 11.2. The van der Waals surface area contributed by atoms with Crippen molar-refractivity contribution in [1.29, 1.82) is 0 Å². The van der Waals surface area contributed by atoms with Crippen LogP contribution in [-0.2, 0) is 16.0 Å². The van der Waals surface area contributed by atoms with Gasteiger partial charge in [0.25, 0.3) is 0 Å². The average Bonchev–Trinajstić information content (AvgIpc) is 2.54. The lowest BCUT2D eigenvalue weighted by molar-refractivity contribution is -0.143. The third kappa shape index (κ3) is 8.58. The number of hydrogen-bond donors (Lipinski definition) is 0. The first-order chi connectivity index (χ1) is 11.2. The van der Waals surface area contributed by atoms with Gasteiger partial charge in [0.15, 0.2) is 11.6 Å². The Balaban J connectivity index is 2.19. The normalized spacial score (nSPS) is 10.6. The lowest BCUT2D eigenvalue weighted by atomic mass is 10.1. The maximum atomic E-state index is 13.7. The van der Waals surface area contributed by atoms with Gasteiger partial charge in [-0.3, -0.25) is 4.79 Å². The number of ether oxygens (including phenoxy) is 2. The van der Waals surface area contributed by atoms with Gasteiger partial charge >= 0.3 is 5.97 Å². The Morgan fingerprint density at radius 1 is 1.09 bits per heavy atom. The molecule has 0 fully saturated rings. The highest BCUT2D eigenvalue weighted by atomic mass is 19.1. The number of benzene rings is 1. The second-order valence-electron chi connectivity index (χ2n) is 5.69. The van der Waals surface area contributed by atoms with Gasteiger partial charge in [-0.25, -0.2) is 4.39 Å². The van der Waals surface area contributed by atoms with Gasteiger partial charge in [0.2, 0.25) is 0 Å². The third-order valence-electron chi connectivity index (χ3n) is 3.65. The van der Waals surface area contributed by atoms with Gasteiger partial charge < -0.3 is 9.47 Å². The fourth-order valence-electron chi connectivity index (χ4n) is 2.34. The average molecular weight is 324 g/mol. The molecular weight excluding hydrogens is 295 g/mol. The van der Waals surface area contributed by atoms with Crippen LogP contribution in [0.3, 0.4) is 0 Å². The van der Waals surface area contributed by atoms with Crippen LogP contribution in [0.1, 0.15) is 64.4 Å². The van der Waals surface area contributed by atoms with E-state index in [1.54, 1.807) is 0 Å². The van der Waals surface area contributed by atoms with Crippen LogP contribution in [0.2, 0.25) is 0 Å². The molecule has 0 aromatic heterocycles. The molecule has 23 heavy (non-hydrogen) atoms. The van der Waals surface area contributed by atoms with Crippen molar-refractivity contribution in [2.45, 2.75) is 65.2 Å². The van der Waals surface area contributed by atoms with Crippen molar-refractivity contribution in [2.24, 2.45) is 0 Å². The molecule has 130 valence electrons. The quantitative estimate of drug-likeness (QED) is 0.398. The number of unbranched alkanes of at least 4 members (excludes halogenated alkanes) is 4. The number of aryl methyl sites for hydroxylation is 1. The summed E-state index contributed by atoms with van der Waals surface area (Å²) >= 11 is 0. The van der Waals surface area contributed by atoms with Gasteiger partial charge in [-0.1, -0.05) is 32.3 Å². The Labute approximate surface area is 139 Å². The lowest BCUT2D eigenvalue weighted by Crippen LogP contribution is -2.03. The molecule has 0 aliphatic heterocycles. The van der Waals surface area contributed by atoms with Crippen LogP contribution in [0.5, 0.6) is 5.75 Å². The highest BCUT2D eigenvalue weighted by Crippen LogP contribution is 2.20. The predicted octanol–water partition coefficient (Wildman–Crippen LogP) is 5.06. The maximum Gasteiger partial charge on any atom is 0.305 e. The van der Waals surface area contributed by atoms with Crippen LogP contribution in [0.25, 0.3) is 0 Å². The first-order valence-corrected chi connectivity index (χ1v) is 8.74. The van der Waals surface area contributed by atoms with Crippen LogP contribution in [0.4, 0.5) is 4.39 Å². The van der Waals surface area contributed by atoms with Crippen molar-refractivity contribution in [1.82, 2.24) is 0 Å². The van der Waals surface area contributed by atoms with E-state index in [1.165, 1.54) is 6.07 Å². The molecule has 0 amide bonds. The lowest BCUT2D eigenvalue weighted by Gasteiger charge is -2.09. The molecule has 0 spiro atoms. The molecule has 1 aromatic carbocycles.